The summed E-state index contributed by atoms with van der Waals surface area (Å²) in [5, 5.41) is 3.37. The van der Waals surface area contributed by atoms with Crippen LogP contribution in [0.15, 0.2) is 21.9 Å². The Kier molecular flexibility index (Phi) is 6.56. The van der Waals surface area contributed by atoms with Gasteiger partial charge in [0.1, 0.15) is 0 Å². The van der Waals surface area contributed by atoms with Crippen LogP contribution < -0.4 is 16.6 Å². The van der Waals surface area contributed by atoms with Crippen LogP contribution in [0.1, 0.15) is 40.0 Å². The lowest BCUT2D eigenvalue weighted by atomic mass is 10.2. The van der Waals surface area contributed by atoms with Crippen molar-refractivity contribution in [3.63, 3.8) is 0 Å². The molecule has 5 heteroatoms. The molecule has 0 atom stereocenters. The van der Waals surface area contributed by atoms with Crippen LogP contribution in [-0.2, 0) is 13.1 Å². The van der Waals surface area contributed by atoms with Crippen LogP contribution in [0.25, 0.3) is 0 Å². The Balaban J connectivity index is 2.75. The molecule has 0 aliphatic carbocycles. The second kappa shape index (κ2) is 7.94. The molecule has 0 unspecified atom stereocenters. The monoisotopic (exact) mass is 267 g/mol. The van der Waals surface area contributed by atoms with Crippen LogP contribution in [0.4, 0.5) is 0 Å². The first-order valence-corrected chi connectivity index (χ1v) is 7.17. The lowest BCUT2D eigenvalue weighted by Crippen LogP contribution is -2.42. The molecule has 1 aromatic rings. The van der Waals surface area contributed by atoms with Gasteiger partial charge in [0.15, 0.2) is 0 Å². The molecule has 108 valence electrons. The summed E-state index contributed by atoms with van der Waals surface area (Å²) in [6, 6.07) is 1.92. The summed E-state index contributed by atoms with van der Waals surface area (Å²) < 4.78 is 2.91. The minimum atomic E-state index is -0.219. The Morgan fingerprint density at radius 1 is 1.16 bits per heavy atom. The van der Waals surface area contributed by atoms with Crippen molar-refractivity contribution in [2.24, 2.45) is 0 Å². The van der Waals surface area contributed by atoms with Crippen molar-refractivity contribution in [2.45, 2.75) is 59.2 Å². The van der Waals surface area contributed by atoms with E-state index in [2.05, 4.69) is 19.2 Å². The summed E-state index contributed by atoms with van der Waals surface area (Å²) in [5.41, 5.74) is -0.426. The molecule has 0 spiro atoms. The lowest BCUT2D eigenvalue weighted by molar-refractivity contribution is 0.449. The third kappa shape index (κ3) is 4.35. The van der Waals surface area contributed by atoms with Crippen molar-refractivity contribution in [1.82, 2.24) is 14.5 Å². The van der Waals surface area contributed by atoms with Crippen LogP contribution in [0.3, 0.4) is 0 Å². The Bertz CT molecular complexity index is 486. The van der Waals surface area contributed by atoms with Crippen LogP contribution in [-0.4, -0.2) is 21.7 Å². The number of hydrogen-bond donors (Lipinski definition) is 1. The first-order valence-electron chi connectivity index (χ1n) is 7.17. The zero-order valence-corrected chi connectivity index (χ0v) is 12.2. The fraction of sp³-hybridized carbons (Fsp3) is 0.714. The lowest BCUT2D eigenvalue weighted by Gasteiger charge is -2.15. The van der Waals surface area contributed by atoms with E-state index in [0.717, 1.165) is 19.3 Å². The van der Waals surface area contributed by atoms with Crippen LogP contribution in [0.2, 0.25) is 0 Å². The second-order valence-electron chi connectivity index (χ2n) is 4.75. The molecular formula is C14H25N3O2. The molecule has 0 aliphatic rings. The van der Waals surface area contributed by atoms with Gasteiger partial charge in [0.05, 0.1) is 0 Å². The molecule has 0 fully saturated rings. The fourth-order valence-electron chi connectivity index (χ4n) is 2.13. The highest BCUT2D eigenvalue weighted by Crippen LogP contribution is 1.94. The predicted octanol–water partition coefficient (Wildman–Crippen LogP) is 1.20. The van der Waals surface area contributed by atoms with Crippen molar-refractivity contribution in [3.8, 4) is 0 Å². The van der Waals surface area contributed by atoms with Gasteiger partial charge in [-0.3, -0.25) is 9.36 Å². The average Bonchev–Trinajstić information content (AvgIpc) is 2.41. The molecule has 0 radical (unpaired) electrons. The predicted molar refractivity (Wildman–Crippen MR) is 77.6 cm³/mol. The van der Waals surface area contributed by atoms with Gasteiger partial charge in [0.2, 0.25) is 0 Å². The summed E-state index contributed by atoms with van der Waals surface area (Å²) in [7, 11) is 0. The fourth-order valence-corrected chi connectivity index (χ4v) is 2.13. The minimum absolute atomic E-state index is 0.208. The van der Waals surface area contributed by atoms with E-state index in [1.165, 1.54) is 10.6 Å². The van der Waals surface area contributed by atoms with E-state index >= 15 is 0 Å². The van der Waals surface area contributed by atoms with Crippen molar-refractivity contribution < 1.29 is 0 Å². The first kappa shape index (κ1) is 15.7. The normalized spacial score (nSPS) is 11.2. The summed E-state index contributed by atoms with van der Waals surface area (Å²) in [5.74, 6) is 0. The van der Waals surface area contributed by atoms with Crippen LogP contribution >= 0.6 is 0 Å². The molecule has 0 aromatic carbocycles. The Morgan fingerprint density at radius 3 is 2.42 bits per heavy atom. The standard InChI is InChI=1S/C14H25N3O2/c1-4-9-16-10-7-13(18)17(14(16)19)11-8-15-12(5-2)6-3/h7,10,12,15H,4-6,8-9,11H2,1-3H3. The van der Waals surface area contributed by atoms with Gasteiger partial charge in [0.25, 0.3) is 5.56 Å². The summed E-state index contributed by atoms with van der Waals surface area (Å²) in [6.45, 7) is 8.00. The zero-order valence-electron chi connectivity index (χ0n) is 12.2. The summed E-state index contributed by atoms with van der Waals surface area (Å²) >= 11 is 0. The van der Waals surface area contributed by atoms with E-state index in [0.29, 0.717) is 25.7 Å². The molecule has 1 heterocycles. The summed E-state index contributed by atoms with van der Waals surface area (Å²) in [6.07, 6.45) is 4.57. The minimum Gasteiger partial charge on any atom is -0.312 e. The van der Waals surface area contributed by atoms with Crippen LogP contribution in [0.5, 0.6) is 0 Å². The molecule has 0 saturated carbocycles. The van der Waals surface area contributed by atoms with Crippen molar-refractivity contribution >= 4 is 0 Å². The molecule has 1 N–H and O–H groups in total. The first-order chi connectivity index (χ1) is 9.13. The highest BCUT2D eigenvalue weighted by molar-refractivity contribution is 4.86. The average molecular weight is 267 g/mol. The van der Waals surface area contributed by atoms with Gasteiger partial charge in [-0.15, -0.1) is 0 Å². The van der Waals surface area contributed by atoms with Crippen molar-refractivity contribution in [3.05, 3.63) is 33.1 Å². The molecule has 1 aromatic heterocycles. The number of hydrogen-bond acceptors (Lipinski definition) is 3. The number of aromatic nitrogens is 2. The largest absolute Gasteiger partial charge is 0.331 e. The van der Waals surface area contributed by atoms with Gasteiger partial charge in [-0.1, -0.05) is 20.8 Å². The maximum Gasteiger partial charge on any atom is 0.331 e. The van der Waals surface area contributed by atoms with Gasteiger partial charge in [-0.25, -0.2) is 4.79 Å². The van der Waals surface area contributed by atoms with Gasteiger partial charge < -0.3 is 9.88 Å². The molecule has 0 saturated heterocycles. The SMILES string of the molecule is CCCn1ccc(=O)n(CCNC(CC)CC)c1=O. The Morgan fingerprint density at radius 2 is 1.84 bits per heavy atom. The third-order valence-electron chi connectivity index (χ3n) is 3.36. The molecule has 0 aliphatic heterocycles. The Labute approximate surface area is 114 Å². The van der Waals surface area contributed by atoms with E-state index in [1.807, 2.05) is 6.92 Å². The van der Waals surface area contributed by atoms with Crippen molar-refractivity contribution in [2.75, 3.05) is 6.54 Å². The van der Waals surface area contributed by atoms with Gasteiger partial charge in [0, 0.05) is 37.9 Å². The maximum atomic E-state index is 12.1. The van der Waals surface area contributed by atoms with Gasteiger partial charge >= 0.3 is 5.69 Å². The van der Waals surface area contributed by atoms with E-state index in [1.54, 1.807) is 10.8 Å². The zero-order chi connectivity index (χ0) is 14.3. The molecular weight excluding hydrogens is 242 g/mol. The second-order valence-corrected chi connectivity index (χ2v) is 4.75. The van der Waals surface area contributed by atoms with Crippen molar-refractivity contribution in [1.29, 1.82) is 0 Å². The van der Waals surface area contributed by atoms with E-state index in [4.69, 9.17) is 0 Å². The molecule has 5 nitrogen and oxygen atoms in total. The maximum absolute atomic E-state index is 12.1. The topological polar surface area (TPSA) is 56.0 Å². The van der Waals surface area contributed by atoms with E-state index in [9.17, 15) is 9.59 Å². The highest BCUT2D eigenvalue weighted by Gasteiger charge is 2.06. The molecule has 19 heavy (non-hydrogen) atoms. The van der Waals surface area contributed by atoms with Crippen LogP contribution in [0, 0.1) is 0 Å². The third-order valence-corrected chi connectivity index (χ3v) is 3.36. The number of rotatable bonds is 8. The summed E-state index contributed by atoms with van der Waals surface area (Å²) in [4.78, 5) is 23.8. The number of aryl methyl sites for hydroxylation is 1. The molecule has 1 rings (SSSR count). The quantitative estimate of drug-likeness (QED) is 0.770. The molecule has 0 amide bonds. The van der Waals surface area contributed by atoms with E-state index < -0.39 is 0 Å². The smallest absolute Gasteiger partial charge is 0.312 e. The van der Waals surface area contributed by atoms with Gasteiger partial charge in [-0.2, -0.15) is 0 Å². The van der Waals surface area contributed by atoms with E-state index in [-0.39, 0.29) is 11.2 Å². The Hall–Kier alpha value is -1.36. The number of nitrogens with zero attached hydrogens (tertiary/aromatic N) is 2. The highest BCUT2D eigenvalue weighted by atomic mass is 16.2. The number of nitrogens with one attached hydrogen (secondary N) is 1. The van der Waals surface area contributed by atoms with Gasteiger partial charge in [-0.05, 0) is 19.3 Å². The molecule has 0 bridgehead atoms.